The SMILES string of the molecule is CSc1ccc(C(C)N2CC3CCCC(N)C3C2)cc1. The normalized spacial score (nSPS) is 32.0. The fourth-order valence-corrected chi connectivity index (χ4v) is 4.37. The summed E-state index contributed by atoms with van der Waals surface area (Å²) >= 11 is 1.81. The Balaban J connectivity index is 1.69. The Morgan fingerprint density at radius 1 is 1.20 bits per heavy atom. The Hall–Kier alpha value is -0.510. The van der Waals surface area contributed by atoms with Crippen LogP contribution in [0.2, 0.25) is 0 Å². The van der Waals surface area contributed by atoms with Gasteiger partial charge in [0, 0.05) is 30.1 Å². The number of fused-ring (bicyclic) bond motifs is 1. The first-order valence-electron chi connectivity index (χ1n) is 7.82. The highest BCUT2D eigenvalue weighted by Crippen LogP contribution is 2.39. The van der Waals surface area contributed by atoms with E-state index in [1.165, 1.54) is 42.8 Å². The molecular weight excluding hydrogens is 264 g/mol. The van der Waals surface area contributed by atoms with E-state index < -0.39 is 0 Å². The molecule has 1 aromatic rings. The number of likely N-dealkylation sites (tertiary alicyclic amines) is 1. The van der Waals surface area contributed by atoms with Gasteiger partial charge in [-0.3, -0.25) is 4.90 Å². The zero-order chi connectivity index (χ0) is 14.1. The topological polar surface area (TPSA) is 29.3 Å². The molecule has 0 amide bonds. The number of thioether (sulfide) groups is 1. The number of nitrogens with two attached hydrogens (primary N) is 1. The minimum absolute atomic E-state index is 0.435. The lowest BCUT2D eigenvalue weighted by molar-refractivity contribution is 0.245. The molecule has 2 fully saturated rings. The van der Waals surface area contributed by atoms with Crippen LogP contribution in [-0.2, 0) is 0 Å². The van der Waals surface area contributed by atoms with Gasteiger partial charge in [0.05, 0.1) is 0 Å². The van der Waals surface area contributed by atoms with E-state index in [1.54, 1.807) is 0 Å². The summed E-state index contributed by atoms with van der Waals surface area (Å²) in [5.41, 5.74) is 7.77. The van der Waals surface area contributed by atoms with E-state index in [1.807, 2.05) is 11.8 Å². The van der Waals surface area contributed by atoms with Gasteiger partial charge in [0.1, 0.15) is 0 Å². The molecular formula is C17H26N2S. The summed E-state index contributed by atoms with van der Waals surface area (Å²) in [4.78, 5) is 3.99. The van der Waals surface area contributed by atoms with Gasteiger partial charge in [-0.1, -0.05) is 18.6 Å². The summed E-state index contributed by atoms with van der Waals surface area (Å²) in [5, 5.41) is 0. The molecule has 3 heteroatoms. The minimum atomic E-state index is 0.435. The smallest absolute Gasteiger partial charge is 0.0320 e. The van der Waals surface area contributed by atoms with E-state index in [9.17, 15) is 0 Å². The number of nitrogens with zero attached hydrogens (tertiary/aromatic N) is 1. The first kappa shape index (κ1) is 14.4. The zero-order valence-electron chi connectivity index (χ0n) is 12.6. The highest BCUT2D eigenvalue weighted by atomic mass is 32.2. The number of hydrogen-bond acceptors (Lipinski definition) is 3. The summed E-state index contributed by atoms with van der Waals surface area (Å²) in [6, 6.07) is 10.0. The molecule has 3 rings (SSSR count). The molecule has 1 saturated heterocycles. The molecule has 1 aliphatic carbocycles. The van der Waals surface area contributed by atoms with E-state index >= 15 is 0 Å². The molecule has 0 bridgehead atoms. The van der Waals surface area contributed by atoms with Crippen LogP contribution in [0.5, 0.6) is 0 Å². The molecule has 4 unspecified atom stereocenters. The molecule has 2 aliphatic rings. The van der Waals surface area contributed by atoms with Crippen LogP contribution in [-0.4, -0.2) is 30.3 Å². The Bertz CT molecular complexity index is 445. The van der Waals surface area contributed by atoms with E-state index in [2.05, 4.69) is 42.3 Å². The fraction of sp³-hybridized carbons (Fsp3) is 0.647. The van der Waals surface area contributed by atoms with Crippen molar-refractivity contribution in [2.24, 2.45) is 17.6 Å². The Kier molecular flexibility index (Phi) is 4.39. The summed E-state index contributed by atoms with van der Waals surface area (Å²) < 4.78 is 0. The maximum Gasteiger partial charge on any atom is 0.0320 e. The van der Waals surface area contributed by atoms with Gasteiger partial charge in [0.25, 0.3) is 0 Å². The lowest BCUT2D eigenvalue weighted by Gasteiger charge is -2.30. The molecule has 0 spiro atoms. The van der Waals surface area contributed by atoms with Gasteiger partial charge >= 0.3 is 0 Å². The highest BCUT2D eigenvalue weighted by Gasteiger charge is 2.40. The average Bonchev–Trinajstić information content (AvgIpc) is 2.92. The van der Waals surface area contributed by atoms with Crippen LogP contribution in [0.15, 0.2) is 29.2 Å². The third kappa shape index (κ3) is 2.76. The fourth-order valence-electron chi connectivity index (χ4n) is 3.96. The summed E-state index contributed by atoms with van der Waals surface area (Å²) in [6.45, 7) is 4.78. The Morgan fingerprint density at radius 3 is 2.60 bits per heavy atom. The van der Waals surface area contributed by atoms with Gasteiger partial charge in [0.2, 0.25) is 0 Å². The van der Waals surface area contributed by atoms with Crippen molar-refractivity contribution >= 4 is 11.8 Å². The number of hydrogen-bond donors (Lipinski definition) is 1. The molecule has 0 aromatic heterocycles. The second kappa shape index (κ2) is 6.08. The summed E-state index contributed by atoms with van der Waals surface area (Å²) in [7, 11) is 0. The largest absolute Gasteiger partial charge is 0.327 e. The molecule has 1 saturated carbocycles. The van der Waals surface area contributed by atoms with Crippen molar-refractivity contribution in [2.75, 3.05) is 19.3 Å². The third-order valence-electron chi connectivity index (χ3n) is 5.33. The van der Waals surface area contributed by atoms with E-state index in [-0.39, 0.29) is 0 Å². The first-order valence-corrected chi connectivity index (χ1v) is 9.05. The van der Waals surface area contributed by atoms with Crippen molar-refractivity contribution < 1.29 is 0 Å². The minimum Gasteiger partial charge on any atom is -0.327 e. The molecule has 1 aromatic carbocycles. The quantitative estimate of drug-likeness (QED) is 0.864. The van der Waals surface area contributed by atoms with Crippen LogP contribution in [0.4, 0.5) is 0 Å². The van der Waals surface area contributed by atoms with Crippen LogP contribution < -0.4 is 5.73 Å². The molecule has 0 radical (unpaired) electrons. The molecule has 20 heavy (non-hydrogen) atoms. The maximum atomic E-state index is 6.33. The lowest BCUT2D eigenvalue weighted by atomic mass is 9.78. The molecule has 1 heterocycles. The van der Waals surface area contributed by atoms with Crippen LogP contribution in [0.25, 0.3) is 0 Å². The Labute approximate surface area is 127 Å². The van der Waals surface area contributed by atoms with Gasteiger partial charge < -0.3 is 5.73 Å². The molecule has 1 aliphatic heterocycles. The number of benzene rings is 1. The monoisotopic (exact) mass is 290 g/mol. The van der Waals surface area contributed by atoms with Gasteiger partial charge in [-0.05, 0) is 55.6 Å². The van der Waals surface area contributed by atoms with Crippen molar-refractivity contribution in [1.29, 1.82) is 0 Å². The predicted octanol–water partition coefficient (Wildman–Crippen LogP) is 3.53. The Morgan fingerprint density at radius 2 is 1.95 bits per heavy atom. The molecule has 110 valence electrons. The van der Waals surface area contributed by atoms with Crippen molar-refractivity contribution in [2.45, 2.75) is 43.2 Å². The third-order valence-corrected chi connectivity index (χ3v) is 6.07. The average molecular weight is 290 g/mol. The van der Waals surface area contributed by atoms with Gasteiger partial charge in [-0.15, -0.1) is 11.8 Å². The molecule has 4 atom stereocenters. The zero-order valence-corrected chi connectivity index (χ0v) is 13.4. The van der Waals surface area contributed by atoms with Crippen molar-refractivity contribution in [3.05, 3.63) is 29.8 Å². The second-order valence-corrected chi connectivity index (χ2v) is 7.30. The maximum absolute atomic E-state index is 6.33. The first-order chi connectivity index (χ1) is 9.69. The van der Waals surface area contributed by atoms with Gasteiger partial charge in [-0.25, -0.2) is 0 Å². The summed E-state index contributed by atoms with van der Waals surface area (Å²) in [5.74, 6) is 1.57. The van der Waals surface area contributed by atoms with Gasteiger partial charge in [0.15, 0.2) is 0 Å². The van der Waals surface area contributed by atoms with Crippen LogP contribution in [0.3, 0.4) is 0 Å². The highest BCUT2D eigenvalue weighted by molar-refractivity contribution is 7.98. The van der Waals surface area contributed by atoms with E-state index in [0.29, 0.717) is 12.1 Å². The predicted molar refractivity (Wildman–Crippen MR) is 87.0 cm³/mol. The van der Waals surface area contributed by atoms with Crippen molar-refractivity contribution in [3.63, 3.8) is 0 Å². The van der Waals surface area contributed by atoms with Crippen LogP contribution >= 0.6 is 11.8 Å². The lowest BCUT2D eigenvalue weighted by Crippen LogP contribution is -2.38. The second-order valence-electron chi connectivity index (χ2n) is 6.42. The van der Waals surface area contributed by atoms with Crippen LogP contribution in [0, 0.1) is 11.8 Å². The van der Waals surface area contributed by atoms with E-state index in [4.69, 9.17) is 5.73 Å². The molecule has 2 N–H and O–H groups in total. The number of rotatable bonds is 3. The van der Waals surface area contributed by atoms with Crippen molar-refractivity contribution in [3.8, 4) is 0 Å². The van der Waals surface area contributed by atoms with Crippen molar-refractivity contribution in [1.82, 2.24) is 4.90 Å². The van der Waals surface area contributed by atoms with Gasteiger partial charge in [-0.2, -0.15) is 0 Å². The van der Waals surface area contributed by atoms with Crippen LogP contribution in [0.1, 0.15) is 37.8 Å². The summed E-state index contributed by atoms with van der Waals surface area (Å²) in [6.07, 6.45) is 6.07. The standard InChI is InChI=1S/C17H26N2S/c1-12(13-6-8-15(20-2)9-7-13)19-10-14-4-3-5-17(18)16(14)11-19/h6-9,12,14,16-17H,3-5,10-11,18H2,1-2H3. The molecule has 2 nitrogen and oxygen atoms in total. The van der Waals surface area contributed by atoms with E-state index in [0.717, 1.165) is 11.8 Å².